The van der Waals surface area contributed by atoms with Crippen LogP contribution in [0.4, 0.5) is 0 Å². The summed E-state index contributed by atoms with van der Waals surface area (Å²) in [5, 5.41) is 0. The minimum absolute atomic E-state index is 1.17. The van der Waals surface area contributed by atoms with Crippen LogP contribution in [0.15, 0.2) is 0 Å². The van der Waals surface area contributed by atoms with Crippen molar-refractivity contribution in [1.82, 2.24) is 0 Å². The van der Waals surface area contributed by atoms with Gasteiger partial charge in [-0.05, 0) is 49.4 Å². The second-order valence-electron chi connectivity index (χ2n) is 5.29. The summed E-state index contributed by atoms with van der Waals surface area (Å²) in [6, 6.07) is 0. The van der Waals surface area contributed by atoms with Crippen molar-refractivity contribution in [1.29, 1.82) is 0 Å². The van der Waals surface area contributed by atoms with E-state index in [4.69, 9.17) is 0 Å². The van der Waals surface area contributed by atoms with Gasteiger partial charge in [0.2, 0.25) is 0 Å². The second-order valence-corrected chi connectivity index (χ2v) is 5.29. The van der Waals surface area contributed by atoms with Crippen molar-refractivity contribution in [3.63, 3.8) is 0 Å². The lowest BCUT2D eigenvalue weighted by Crippen LogP contribution is -2.28. The molecule has 0 nitrogen and oxygen atoms in total. The molecule has 0 amide bonds. The first kappa shape index (κ1) is 7.41. The van der Waals surface area contributed by atoms with Crippen LogP contribution in [0.2, 0.25) is 0 Å². The topological polar surface area (TPSA) is 0 Å². The van der Waals surface area contributed by atoms with E-state index in [0.717, 1.165) is 0 Å². The SMILES string of the molecule is C1CC2CCC3CCCC3C2C1. The molecule has 0 heteroatoms. The van der Waals surface area contributed by atoms with Gasteiger partial charge < -0.3 is 0 Å². The molecule has 0 spiro atoms. The third-order valence-corrected chi connectivity index (χ3v) is 4.89. The van der Waals surface area contributed by atoms with Gasteiger partial charge in [0.05, 0.1) is 0 Å². The Bertz CT molecular complexity index is 153. The Labute approximate surface area is 75.7 Å². The lowest BCUT2D eigenvalue weighted by atomic mass is 9.69. The van der Waals surface area contributed by atoms with Crippen LogP contribution in [0.5, 0.6) is 0 Å². The molecule has 0 aromatic rings. The molecular formula is C12H20. The Morgan fingerprint density at radius 1 is 0.500 bits per heavy atom. The van der Waals surface area contributed by atoms with E-state index >= 15 is 0 Å². The second kappa shape index (κ2) is 2.75. The molecule has 4 atom stereocenters. The highest BCUT2D eigenvalue weighted by molar-refractivity contribution is 4.93. The summed E-state index contributed by atoms with van der Waals surface area (Å²) in [5.74, 6) is 4.71. The van der Waals surface area contributed by atoms with E-state index in [1.54, 1.807) is 51.4 Å². The molecule has 0 radical (unpaired) electrons. The van der Waals surface area contributed by atoms with Crippen molar-refractivity contribution in [2.75, 3.05) is 0 Å². The van der Waals surface area contributed by atoms with Crippen LogP contribution < -0.4 is 0 Å². The van der Waals surface area contributed by atoms with Crippen molar-refractivity contribution in [2.45, 2.75) is 51.4 Å². The molecule has 0 N–H and O–H groups in total. The molecule has 3 aliphatic carbocycles. The maximum atomic E-state index is 1.59. The van der Waals surface area contributed by atoms with Crippen LogP contribution in [0.3, 0.4) is 0 Å². The lowest BCUT2D eigenvalue weighted by Gasteiger charge is -2.36. The predicted octanol–water partition coefficient (Wildman–Crippen LogP) is 3.61. The van der Waals surface area contributed by atoms with Crippen molar-refractivity contribution in [3.05, 3.63) is 0 Å². The highest BCUT2D eigenvalue weighted by Gasteiger charge is 2.43. The van der Waals surface area contributed by atoms with E-state index in [-0.39, 0.29) is 0 Å². The molecule has 0 saturated heterocycles. The van der Waals surface area contributed by atoms with E-state index in [9.17, 15) is 0 Å². The molecule has 68 valence electrons. The summed E-state index contributed by atoms with van der Waals surface area (Å²) in [5.41, 5.74) is 0. The summed E-state index contributed by atoms with van der Waals surface area (Å²) in [7, 11) is 0. The van der Waals surface area contributed by atoms with E-state index in [2.05, 4.69) is 0 Å². The van der Waals surface area contributed by atoms with Crippen molar-refractivity contribution in [2.24, 2.45) is 23.7 Å². The molecule has 0 aliphatic heterocycles. The number of fused-ring (bicyclic) bond motifs is 3. The van der Waals surface area contributed by atoms with Gasteiger partial charge in [0.1, 0.15) is 0 Å². The summed E-state index contributed by atoms with van der Waals surface area (Å²) >= 11 is 0. The van der Waals surface area contributed by atoms with Crippen LogP contribution in [-0.4, -0.2) is 0 Å². The van der Waals surface area contributed by atoms with Gasteiger partial charge in [-0.3, -0.25) is 0 Å². The van der Waals surface area contributed by atoms with Crippen LogP contribution in [-0.2, 0) is 0 Å². The van der Waals surface area contributed by atoms with Gasteiger partial charge in [-0.1, -0.05) is 25.7 Å². The Morgan fingerprint density at radius 3 is 1.50 bits per heavy atom. The zero-order valence-corrected chi connectivity index (χ0v) is 7.97. The molecule has 0 aromatic heterocycles. The lowest BCUT2D eigenvalue weighted by molar-refractivity contribution is 0.136. The maximum Gasteiger partial charge on any atom is -0.0355 e. The number of hydrogen-bond donors (Lipinski definition) is 0. The molecule has 0 bridgehead atoms. The molecule has 3 fully saturated rings. The normalized spacial score (nSPS) is 52.0. The standard InChI is InChI=1S/C12H20/c1-3-9-7-8-10-4-2-6-12(10)11(9)5-1/h9-12H,1-8H2. The molecule has 0 heterocycles. The Hall–Kier alpha value is 0. The molecule has 4 unspecified atom stereocenters. The van der Waals surface area contributed by atoms with Gasteiger partial charge in [0, 0.05) is 0 Å². The number of rotatable bonds is 0. The van der Waals surface area contributed by atoms with Crippen LogP contribution in [0.25, 0.3) is 0 Å². The van der Waals surface area contributed by atoms with Gasteiger partial charge in [0.15, 0.2) is 0 Å². The van der Waals surface area contributed by atoms with E-state index in [1.165, 1.54) is 23.7 Å². The van der Waals surface area contributed by atoms with E-state index in [1.807, 2.05) is 0 Å². The fourth-order valence-corrected chi connectivity index (χ4v) is 4.40. The molecule has 3 rings (SSSR count). The van der Waals surface area contributed by atoms with Gasteiger partial charge >= 0.3 is 0 Å². The molecular weight excluding hydrogens is 144 g/mol. The molecule has 3 saturated carbocycles. The van der Waals surface area contributed by atoms with Gasteiger partial charge in [-0.15, -0.1) is 0 Å². The molecule has 12 heavy (non-hydrogen) atoms. The summed E-state index contributed by atoms with van der Waals surface area (Å²) in [6.45, 7) is 0. The first-order chi connectivity index (χ1) is 5.95. The van der Waals surface area contributed by atoms with Crippen LogP contribution >= 0.6 is 0 Å². The Morgan fingerprint density at radius 2 is 1.00 bits per heavy atom. The average Bonchev–Trinajstić information content (AvgIpc) is 2.71. The van der Waals surface area contributed by atoms with Gasteiger partial charge in [0.25, 0.3) is 0 Å². The first-order valence-corrected chi connectivity index (χ1v) is 5.95. The zero-order chi connectivity index (χ0) is 7.97. The number of hydrogen-bond acceptors (Lipinski definition) is 0. The first-order valence-electron chi connectivity index (χ1n) is 5.95. The fourth-order valence-electron chi connectivity index (χ4n) is 4.40. The third kappa shape index (κ3) is 0.963. The van der Waals surface area contributed by atoms with E-state index in [0.29, 0.717) is 0 Å². The smallest absolute Gasteiger partial charge is 0.0355 e. The van der Waals surface area contributed by atoms with Crippen molar-refractivity contribution >= 4 is 0 Å². The van der Waals surface area contributed by atoms with Crippen LogP contribution in [0, 0.1) is 23.7 Å². The Kier molecular flexibility index (Phi) is 1.70. The largest absolute Gasteiger partial charge is 0.0527 e. The zero-order valence-electron chi connectivity index (χ0n) is 7.97. The highest BCUT2D eigenvalue weighted by atomic mass is 14.5. The van der Waals surface area contributed by atoms with Gasteiger partial charge in [-0.2, -0.15) is 0 Å². The van der Waals surface area contributed by atoms with Crippen molar-refractivity contribution in [3.8, 4) is 0 Å². The Balaban J connectivity index is 1.81. The van der Waals surface area contributed by atoms with Crippen molar-refractivity contribution < 1.29 is 0 Å². The minimum atomic E-state index is 1.17. The monoisotopic (exact) mass is 164 g/mol. The highest BCUT2D eigenvalue weighted by Crippen LogP contribution is 2.53. The van der Waals surface area contributed by atoms with Crippen LogP contribution in [0.1, 0.15) is 51.4 Å². The molecule has 3 aliphatic rings. The average molecular weight is 164 g/mol. The molecule has 0 aromatic carbocycles. The quantitative estimate of drug-likeness (QED) is 0.513. The van der Waals surface area contributed by atoms with E-state index < -0.39 is 0 Å². The maximum absolute atomic E-state index is 1.59. The van der Waals surface area contributed by atoms with Gasteiger partial charge in [-0.25, -0.2) is 0 Å². The minimum Gasteiger partial charge on any atom is -0.0527 e. The predicted molar refractivity (Wildman–Crippen MR) is 50.9 cm³/mol. The fraction of sp³-hybridized carbons (Fsp3) is 1.00. The summed E-state index contributed by atoms with van der Waals surface area (Å²) < 4.78 is 0. The summed E-state index contributed by atoms with van der Waals surface area (Å²) in [6.07, 6.45) is 12.6. The third-order valence-electron chi connectivity index (χ3n) is 4.89. The summed E-state index contributed by atoms with van der Waals surface area (Å²) in [4.78, 5) is 0.